The van der Waals surface area contributed by atoms with E-state index in [4.69, 9.17) is 11.6 Å². The van der Waals surface area contributed by atoms with Gasteiger partial charge < -0.3 is 9.80 Å². The molecule has 1 aliphatic rings. The van der Waals surface area contributed by atoms with Crippen LogP contribution in [0.5, 0.6) is 0 Å². The predicted molar refractivity (Wildman–Crippen MR) is 83.2 cm³/mol. The predicted octanol–water partition coefficient (Wildman–Crippen LogP) is 3.42. The molecule has 0 bridgehead atoms. The van der Waals surface area contributed by atoms with E-state index in [1.165, 1.54) is 12.1 Å². The molecule has 24 heavy (non-hydrogen) atoms. The molecule has 0 unspecified atom stereocenters. The molecule has 1 aromatic carbocycles. The van der Waals surface area contributed by atoms with E-state index >= 15 is 0 Å². The second-order valence-electron chi connectivity index (χ2n) is 6.07. The lowest BCUT2D eigenvalue weighted by atomic mass is 9.84. The maximum atomic E-state index is 13.9. The summed E-state index contributed by atoms with van der Waals surface area (Å²) >= 11 is 5.57. The molecule has 134 valence electrons. The molecule has 8 heteroatoms. The maximum absolute atomic E-state index is 13.9. The number of amides is 1. The zero-order valence-corrected chi connectivity index (χ0v) is 14.0. The smallest absolute Gasteiger partial charge is 0.322 e. The fourth-order valence-electron chi connectivity index (χ4n) is 3.02. The molecule has 1 saturated heterocycles. The number of carbonyl (C=O) groups excluding carboxylic acids is 1. The lowest BCUT2D eigenvalue weighted by molar-refractivity contribution is -0.244. The average molecular weight is 367 g/mol. The first-order valence-electron chi connectivity index (χ1n) is 7.56. The minimum Gasteiger partial charge on any atom is -0.322 e. The molecule has 0 radical (unpaired) electrons. The van der Waals surface area contributed by atoms with Crippen molar-refractivity contribution in [2.75, 3.05) is 26.0 Å². The van der Waals surface area contributed by atoms with Crippen LogP contribution in [0.4, 0.5) is 17.6 Å². The van der Waals surface area contributed by atoms with E-state index < -0.39 is 29.3 Å². The van der Waals surface area contributed by atoms with E-state index in [9.17, 15) is 22.4 Å². The quantitative estimate of drug-likeness (QED) is 0.602. The van der Waals surface area contributed by atoms with E-state index in [2.05, 4.69) is 0 Å². The summed E-state index contributed by atoms with van der Waals surface area (Å²) in [6, 6.07) is 5.08. The van der Waals surface area contributed by atoms with Crippen LogP contribution in [-0.4, -0.2) is 53.4 Å². The summed E-state index contributed by atoms with van der Waals surface area (Å²) in [6.07, 6.45) is -5.00. The van der Waals surface area contributed by atoms with E-state index in [-0.39, 0.29) is 32.5 Å². The Bertz CT molecular complexity index is 568. The molecule has 1 heterocycles. The van der Waals surface area contributed by atoms with Crippen molar-refractivity contribution in [3.8, 4) is 0 Å². The molecule has 0 N–H and O–H groups in total. The van der Waals surface area contributed by atoms with Gasteiger partial charge in [0, 0.05) is 19.6 Å². The van der Waals surface area contributed by atoms with E-state index in [0.717, 1.165) is 17.0 Å². The highest BCUT2D eigenvalue weighted by Crippen LogP contribution is 2.44. The summed E-state index contributed by atoms with van der Waals surface area (Å²) in [5, 5.41) is 0. The van der Waals surface area contributed by atoms with Gasteiger partial charge in [-0.1, -0.05) is 12.1 Å². The third-order valence-electron chi connectivity index (χ3n) is 4.53. The van der Waals surface area contributed by atoms with Gasteiger partial charge >= 0.3 is 6.18 Å². The first-order valence-corrected chi connectivity index (χ1v) is 8.09. The van der Waals surface area contributed by atoms with Gasteiger partial charge in [0.15, 0.2) is 0 Å². The Labute approximate surface area is 143 Å². The van der Waals surface area contributed by atoms with Gasteiger partial charge in [0.05, 0.1) is 0 Å². The number of likely N-dealkylation sites (tertiary alicyclic amines) is 1. The Morgan fingerprint density at radius 3 is 2.25 bits per heavy atom. The third kappa shape index (κ3) is 3.83. The van der Waals surface area contributed by atoms with Crippen molar-refractivity contribution < 1.29 is 22.4 Å². The zero-order chi connectivity index (χ0) is 18.0. The van der Waals surface area contributed by atoms with Gasteiger partial charge in [-0.3, -0.25) is 4.79 Å². The molecule has 3 nitrogen and oxygen atoms in total. The molecular formula is C16H19ClF4N2O. The number of nitrogens with zero attached hydrogens (tertiary/aromatic N) is 2. The van der Waals surface area contributed by atoms with E-state index in [1.807, 2.05) is 0 Å². The highest BCUT2D eigenvalue weighted by Gasteiger charge is 2.60. The lowest BCUT2D eigenvalue weighted by Crippen LogP contribution is -2.64. The molecule has 1 aliphatic heterocycles. The fraction of sp³-hybridized carbons (Fsp3) is 0.562. The number of piperidine rings is 1. The van der Waals surface area contributed by atoms with Crippen molar-refractivity contribution in [1.82, 2.24) is 9.80 Å². The summed E-state index contributed by atoms with van der Waals surface area (Å²) in [4.78, 5) is 14.8. The highest BCUT2D eigenvalue weighted by molar-refractivity contribution is 6.27. The largest absolute Gasteiger partial charge is 0.411 e. The number of rotatable bonds is 4. The molecular weight excluding hydrogens is 348 g/mol. The van der Waals surface area contributed by atoms with E-state index in [0.29, 0.717) is 5.56 Å². The molecule has 0 atom stereocenters. The van der Waals surface area contributed by atoms with Crippen molar-refractivity contribution in [1.29, 1.82) is 0 Å². The van der Waals surface area contributed by atoms with Crippen LogP contribution in [0.2, 0.25) is 0 Å². The van der Waals surface area contributed by atoms with Gasteiger partial charge in [0.1, 0.15) is 17.2 Å². The number of carbonyl (C=O) groups is 1. The van der Waals surface area contributed by atoms with Gasteiger partial charge in [-0.15, -0.1) is 11.6 Å². The SMILES string of the molecule is CN1CCC(N(Cc2ccc(F)cc2)C(=O)CCl)(C(F)(F)F)CC1. The van der Waals surface area contributed by atoms with Crippen LogP contribution in [0.3, 0.4) is 0 Å². The van der Waals surface area contributed by atoms with Crippen molar-refractivity contribution in [2.24, 2.45) is 0 Å². The summed E-state index contributed by atoms with van der Waals surface area (Å²) in [6.45, 7) is 0.207. The monoisotopic (exact) mass is 366 g/mol. The van der Waals surface area contributed by atoms with Gasteiger partial charge in [0.2, 0.25) is 5.91 Å². The number of hydrogen-bond donors (Lipinski definition) is 0. The number of halogens is 5. The van der Waals surface area contributed by atoms with E-state index in [1.54, 1.807) is 11.9 Å². The van der Waals surface area contributed by atoms with Crippen molar-refractivity contribution in [2.45, 2.75) is 31.1 Å². The molecule has 1 aromatic rings. The normalized spacial score (nSPS) is 18.4. The number of benzene rings is 1. The molecule has 0 saturated carbocycles. The summed E-state index contributed by atoms with van der Waals surface area (Å²) < 4.78 is 54.8. The molecule has 2 rings (SSSR count). The van der Waals surface area contributed by atoms with Gasteiger partial charge in [-0.2, -0.15) is 13.2 Å². The first kappa shape index (κ1) is 19.0. The number of hydrogen-bond acceptors (Lipinski definition) is 2. The number of alkyl halides is 4. The topological polar surface area (TPSA) is 23.6 Å². The zero-order valence-electron chi connectivity index (χ0n) is 13.2. The average Bonchev–Trinajstić information content (AvgIpc) is 2.53. The Balaban J connectivity index is 2.39. The molecule has 1 amide bonds. The third-order valence-corrected chi connectivity index (χ3v) is 4.76. The Morgan fingerprint density at radius 2 is 1.79 bits per heavy atom. The Kier molecular flexibility index (Phi) is 5.75. The molecule has 0 spiro atoms. The summed E-state index contributed by atoms with van der Waals surface area (Å²) in [5.74, 6) is -1.80. The maximum Gasteiger partial charge on any atom is 0.411 e. The Hall–Kier alpha value is -1.34. The van der Waals surface area contributed by atoms with Crippen LogP contribution in [0.25, 0.3) is 0 Å². The van der Waals surface area contributed by atoms with Gasteiger partial charge in [-0.25, -0.2) is 4.39 Å². The second-order valence-corrected chi connectivity index (χ2v) is 6.34. The Morgan fingerprint density at radius 1 is 1.25 bits per heavy atom. The second kappa shape index (κ2) is 7.27. The van der Waals surface area contributed by atoms with Gasteiger partial charge in [-0.05, 0) is 37.6 Å². The van der Waals surface area contributed by atoms with Crippen molar-refractivity contribution in [3.05, 3.63) is 35.6 Å². The van der Waals surface area contributed by atoms with Gasteiger partial charge in [0.25, 0.3) is 0 Å². The molecule has 0 aliphatic carbocycles. The van der Waals surface area contributed by atoms with Crippen LogP contribution in [0.1, 0.15) is 18.4 Å². The summed E-state index contributed by atoms with van der Waals surface area (Å²) in [5.41, 5.74) is -1.82. The molecule has 1 fully saturated rings. The van der Waals surface area contributed by atoms with Crippen molar-refractivity contribution in [3.63, 3.8) is 0 Å². The minimum absolute atomic E-state index is 0.211. The summed E-state index contributed by atoms with van der Waals surface area (Å²) in [7, 11) is 1.74. The van der Waals surface area contributed by atoms with Crippen LogP contribution in [-0.2, 0) is 11.3 Å². The van der Waals surface area contributed by atoms with Crippen LogP contribution in [0.15, 0.2) is 24.3 Å². The van der Waals surface area contributed by atoms with Crippen LogP contribution in [0, 0.1) is 5.82 Å². The molecule has 0 aromatic heterocycles. The standard InChI is InChI=1S/C16H19ClF4N2O/c1-22-8-6-15(7-9-22,16(19,20)21)23(14(24)10-17)11-12-2-4-13(18)5-3-12/h2-5H,6-11H2,1H3. The van der Waals surface area contributed by atoms with Crippen LogP contribution >= 0.6 is 11.6 Å². The minimum atomic E-state index is -4.57. The fourth-order valence-corrected chi connectivity index (χ4v) is 3.16. The highest BCUT2D eigenvalue weighted by atomic mass is 35.5. The first-order chi connectivity index (χ1) is 11.2. The lowest BCUT2D eigenvalue weighted by Gasteiger charge is -2.48. The van der Waals surface area contributed by atoms with Crippen LogP contribution < -0.4 is 0 Å². The van der Waals surface area contributed by atoms with Crippen molar-refractivity contribution >= 4 is 17.5 Å².